The minimum absolute atomic E-state index is 0.0312. The van der Waals surface area contributed by atoms with Crippen LogP contribution in [0.2, 0.25) is 0 Å². The lowest BCUT2D eigenvalue weighted by Crippen LogP contribution is -2.31. The zero-order chi connectivity index (χ0) is 17.5. The van der Waals surface area contributed by atoms with E-state index in [1.54, 1.807) is 36.9 Å². The fraction of sp³-hybridized carbons (Fsp3) is 0.125. The molecule has 3 rings (SSSR count). The SMILES string of the molecule is Cn1cc(C#N)cc1C(=O)NS(=O)(=O)c1cn(C)c2ccccc12. The lowest BCUT2D eigenvalue weighted by molar-refractivity contribution is 0.0973. The second-order valence-electron chi connectivity index (χ2n) is 5.39. The van der Waals surface area contributed by atoms with Crippen molar-refractivity contribution in [1.82, 2.24) is 13.9 Å². The fourth-order valence-corrected chi connectivity index (χ4v) is 3.82. The molecule has 0 aliphatic heterocycles. The molecular formula is C16H14N4O3S. The van der Waals surface area contributed by atoms with Crippen LogP contribution in [0.4, 0.5) is 0 Å². The van der Waals surface area contributed by atoms with Crippen molar-refractivity contribution in [2.24, 2.45) is 14.1 Å². The maximum Gasteiger partial charge on any atom is 0.281 e. The predicted octanol–water partition coefficient (Wildman–Crippen LogP) is 1.51. The molecule has 0 radical (unpaired) electrons. The van der Waals surface area contributed by atoms with Crippen LogP contribution in [0.3, 0.4) is 0 Å². The lowest BCUT2D eigenvalue weighted by Gasteiger charge is -2.06. The first-order valence-electron chi connectivity index (χ1n) is 7.01. The third-order valence-electron chi connectivity index (χ3n) is 3.74. The molecule has 0 unspecified atom stereocenters. The van der Waals surface area contributed by atoms with E-state index in [9.17, 15) is 13.2 Å². The summed E-state index contributed by atoms with van der Waals surface area (Å²) in [6.45, 7) is 0. The molecule has 2 heterocycles. The Kier molecular flexibility index (Phi) is 3.66. The summed E-state index contributed by atoms with van der Waals surface area (Å²) in [5.74, 6) is -0.785. The Bertz CT molecular complexity index is 1100. The summed E-state index contributed by atoms with van der Waals surface area (Å²) in [5, 5.41) is 9.41. The van der Waals surface area contributed by atoms with Gasteiger partial charge in [0, 0.05) is 37.4 Å². The summed E-state index contributed by atoms with van der Waals surface area (Å²) in [4.78, 5) is 12.3. The molecule has 3 aromatic rings. The first-order chi connectivity index (χ1) is 11.3. The molecule has 7 nitrogen and oxygen atoms in total. The summed E-state index contributed by atoms with van der Waals surface area (Å²) in [5.41, 5.74) is 1.12. The van der Waals surface area contributed by atoms with Crippen LogP contribution in [0.15, 0.2) is 47.6 Å². The molecule has 0 aliphatic rings. The third-order valence-corrected chi connectivity index (χ3v) is 5.10. The van der Waals surface area contributed by atoms with Crippen LogP contribution in [-0.4, -0.2) is 23.5 Å². The number of para-hydroxylation sites is 1. The highest BCUT2D eigenvalue weighted by atomic mass is 32.2. The molecule has 122 valence electrons. The first-order valence-corrected chi connectivity index (χ1v) is 8.49. The molecule has 1 aromatic carbocycles. The molecule has 0 aliphatic carbocycles. The maximum atomic E-state index is 12.6. The number of aromatic nitrogens is 2. The molecular weight excluding hydrogens is 328 g/mol. The molecule has 0 saturated carbocycles. The summed E-state index contributed by atoms with van der Waals surface area (Å²) >= 11 is 0. The van der Waals surface area contributed by atoms with E-state index < -0.39 is 15.9 Å². The van der Waals surface area contributed by atoms with Crippen LogP contribution < -0.4 is 4.72 Å². The molecule has 8 heteroatoms. The number of aryl methyl sites for hydroxylation is 2. The van der Waals surface area contributed by atoms with E-state index in [0.717, 1.165) is 5.52 Å². The summed E-state index contributed by atoms with van der Waals surface area (Å²) < 4.78 is 30.4. The maximum absolute atomic E-state index is 12.6. The van der Waals surface area contributed by atoms with Gasteiger partial charge in [0.25, 0.3) is 15.9 Å². The van der Waals surface area contributed by atoms with Crippen molar-refractivity contribution in [3.63, 3.8) is 0 Å². The van der Waals surface area contributed by atoms with E-state index in [0.29, 0.717) is 5.39 Å². The summed E-state index contributed by atoms with van der Waals surface area (Å²) in [7, 11) is -0.739. The van der Waals surface area contributed by atoms with Gasteiger partial charge in [0.2, 0.25) is 0 Å². The van der Waals surface area contributed by atoms with Gasteiger partial charge in [-0.15, -0.1) is 0 Å². The standard InChI is InChI=1S/C16H14N4O3S/c1-19-9-11(8-17)7-14(19)16(21)18-24(22,23)15-10-20(2)13-6-4-3-5-12(13)15/h3-7,9-10H,1-2H3,(H,18,21). The molecule has 1 amide bonds. The van der Waals surface area contributed by atoms with E-state index >= 15 is 0 Å². The second kappa shape index (κ2) is 5.54. The van der Waals surface area contributed by atoms with Gasteiger partial charge < -0.3 is 9.13 Å². The lowest BCUT2D eigenvalue weighted by atomic mass is 10.2. The topological polar surface area (TPSA) is 96.9 Å². The normalized spacial score (nSPS) is 11.4. The number of nitrogens with zero attached hydrogens (tertiary/aromatic N) is 3. The van der Waals surface area contributed by atoms with Crippen molar-refractivity contribution in [2.45, 2.75) is 4.90 Å². The van der Waals surface area contributed by atoms with Crippen molar-refractivity contribution in [1.29, 1.82) is 5.26 Å². The van der Waals surface area contributed by atoms with Crippen LogP contribution in [-0.2, 0) is 24.1 Å². The molecule has 0 spiro atoms. The van der Waals surface area contributed by atoms with Gasteiger partial charge in [-0.25, -0.2) is 13.1 Å². The van der Waals surface area contributed by atoms with Gasteiger partial charge in [0.05, 0.1) is 5.56 Å². The Morgan fingerprint density at radius 3 is 2.54 bits per heavy atom. The number of hydrogen-bond acceptors (Lipinski definition) is 4. The van der Waals surface area contributed by atoms with Gasteiger partial charge in [-0.3, -0.25) is 4.79 Å². The fourth-order valence-electron chi connectivity index (χ4n) is 2.60. The zero-order valence-electron chi connectivity index (χ0n) is 13.0. The van der Waals surface area contributed by atoms with E-state index in [-0.39, 0.29) is 16.2 Å². The van der Waals surface area contributed by atoms with E-state index in [1.807, 2.05) is 12.1 Å². The van der Waals surface area contributed by atoms with Crippen molar-refractivity contribution in [2.75, 3.05) is 0 Å². The Labute approximate surface area is 138 Å². The number of nitriles is 1. The van der Waals surface area contributed by atoms with Crippen LogP contribution in [0.1, 0.15) is 16.1 Å². The molecule has 0 atom stereocenters. The molecule has 0 bridgehead atoms. The Morgan fingerprint density at radius 2 is 1.88 bits per heavy atom. The van der Waals surface area contributed by atoms with Gasteiger partial charge in [0.15, 0.2) is 0 Å². The average Bonchev–Trinajstić information content (AvgIpc) is 3.08. The highest BCUT2D eigenvalue weighted by Gasteiger charge is 2.24. The Morgan fingerprint density at radius 1 is 1.17 bits per heavy atom. The Hall–Kier alpha value is -3.05. The van der Waals surface area contributed by atoms with Crippen LogP contribution in [0, 0.1) is 11.3 Å². The number of sulfonamides is 1. The summed E-state index contributed by atoms with van der Waals surface area (Å²) in [6, 6.07) is 10.3. The molecule has 1 N–H and O–H groups in total. The number of amides is 1. The number of benzene rings is 1. The highest BCUT2D eigenvalue weighted by Crippen LogP contribution is 2.24. The van der Waals surface area contributed by atoms with Crippen molar-refractivity contribution < 1.29 is 13.2 Å². The predicted molar refractivity (Wildman–Crippen MR) is 87.7 cm³/mol. The number of carbonyl (C=O) groups excluding carboxylic acids is 1. The minimum atomic E-state index is -4.04. The Balaban J connectivity index is 2.00. The first kappa shape index (κ1) is 15.8. The van der Waals surface area contributed by atoms with Gasteiger partial charge in [-0.1, -0.05) is 18.2 Å². The quantitative estimate of drug-likeness (QED) is 0.780. The number of rotatable bonds is 3. The largest absolute Gasteiger partial charge is 0.349 e. The van der Waals surface area contributed by atoms with E-state index in [2.05, 4.69) is 4.72 Å². The molecule has 0 fully saturated rings. The number of hydrogen-bond donors (Lipinski definition) is 1. The van der Waals surface area contributed by atoms with E-state index in [1.165, 1.54) is 23.0 Å². The van der Waals surface area contributed by atoms with Gasteiger partial charge in [-0.2, -0.15) is 5.26 Å². The smallest absolute Gasteiger partial charge is 0.281 e. The third kappa shape index (κ3) is 2.55. The number of fused-ring (bicyclic) bond motifs is 1. The highest BCUT2D eigenvalue weighted by molar-refractivity contribution is 7.90. The zero-order valence-corrected chi connectivity index (χ0v) is 13.8. The molecule has 24 heavy (non-hydrogen) atoms. The second-order valence-corrected chi connectivity index (χ2v) is 7.04. The monoisotopic (exact) mass is 342 g/mol. The molecule has 0 saturated heterocycles. The van der Waals surface area contributed by atoms with Crippen LogP contribution in [0.25, 0.3) is 10.9 Å². The van der Waals surface area contributed by atoms with Crippen LogP contribution >= 0.6 is 0 Å². The van der Waals surface area contributed by atoms with Gasteiger partial charge in [0.1, 0.15) is 16.7 Å². The van der Waals surface area contributed by atoms with Crippen molar-refractivity contribution in [3.05, 3.63) is 54.0 Å². The minimum Gasteiger partial charge on any atom is -0.349 e. The van der Waals surface area contributed by atoms with Gasteiger partial charge >= 0.3 is 0 Å². The number of carbonyl (C=O) groups is 1. The molecule has 2 aromatic heterocycles. The van der Waals surface area contributed by atoms with Crippen LogP contribution in [0.5, 0.6) is 0 Å². The summed E-state index contributed by atoms with van der Waals surface area (Å²) in [6.07, 6.45) is 2.92. The van der Waals surface area contributed by atoms with Gasteiger partial charge in [-0.05, 0) is 12.1 Å². The average molecular weight is 342 g/mol. The van der Waals surface area contributed by atoms with Crippen molar-refractivity contribution >= 4 is 26.8 Å². The number of nitrogens with one attached hydrogen (secondary N) is 1. The van der Waals surface area contributed by atoms with E-state index in [4.69, 9.17) is 5.26 Å². The van der Waals surface area contributed by atoms with Crippen molar-refractivity contribution in [3.8, 4) is 6.07 Å².